The second-order valence-electron chi connectivity index (χ2n) is 7.02. The summed E-state index contributed by atoms with van der Waals surface area (Å²) in [6, 6.07) is 7.67. The van der Waals surface area contributed by atoms with Crippen LogP contribution >= 0.6 is 24.0 Å². The molecule has 1 aliphatic heterocycles. The van der Waals surface area contributed by atoms with E-state index in [-0.39, 0.29) is 24.0 Å². The predicted molar refractivity (Wildman–Crippen MR) is 122 cm³/mol. The highest BCUT2D eigenvalue weighted by Gasteiger charge is 2.20. The lowest BCUT2D eigenvalue weighted by Crippen LogP contribution is -2.34. The Morgan fingerprint density at radius 1 is 1.32 bits per heavy atom. The average molecular weight is 499 g/mol. The van der Waals surface area contributed by atoms with Gasteiger partial charge >= 0.3 is 0 Å². The first-order valence-electron chi connectivity index (χ1n) is 9.40. The number of hydrogen-bond acceptors (Lipinski definition) is 5. The predicted octanol–water partition coefficient (Wildman–Crippen LogP) is 3.56. The van der Waals surface area contributed by atoms with Crippen LogP contribution in [-0.2, 0) is 6.54 Å². The Morgan fingerprint density at radius 3 is 2.68 bits per heavy atom. The number of nitrogens with two attached hydrogens (primary N) is 1. The maximum atomic E-state index is 6.04. The molecule has 1 aliphatic rings. The smallest absolute Gasteiger partial charge is 0.208 e. The topological polar surface area (TPSA) is 88.9 Å². The van der Waals surface area contributed by atoms with Gasteiger partial charge in [-0.15, -0.1) is 24.0 Å². The number of rotatable bonds is 6. The molecule has 0 atom stereocenters. The minimum atomic E-state index is 0. The van der Waals surface area contributed by atoms with Gasteiger partial charge in [0.25, 0.3) is 0 Å². The van der Waals surface area contributed by atoms with Gasteiger partial charge in [0.05, 0.1) is 25.0 Å². The van der Waals surface area contributed by atoms with Crippen LogP contribution in [-0.4, -0.2) is 42.6 Å². The summed E-state index contributed by atoms with van der Waals surface area (Å²) < 4.78 is 11.0. The Hall–Kier alpha value is -1.81. The molecule has 2 heterocycles. The molecule has 0 bridgehead atoms. The van der Waals surface area contributed by atoms with Crippen LogP contribution < -0.4 is 15.8 Å². The average Bonchev–Trinajstić information content (AvgIpc) is 2.98. The molecular weight excluding hydrogens is 469 g/mol. The van der Waals surface area contributed by atoms with Crippen molar-refractivity contribution in [3.8, 4) is 5.75 Å². The molecular formula is C20H30IN5O2. The van der Waals surface area contributed by atoms with E-state index < -0.39 is 0 Å². The minimum absolute atomic E-state index is 0. The second-order valence-corrected chi connectivity index (χ2v) is 7.02. The van der Waals surface area contributed by atoms with Crippen LogP contribution in [0.1, 0.15) is 30.2 Å². The quantitative estimate of drug-likeness (QED) is 0.359. The van der Waals surface area contributed by atoms with E-state index in [0.29, 0.717) is 11.9 Å². The van der Waals surface area contributed by atoms with Gasteiger partial charge in [-0.3, -0.25) is 9.89 Å². The number of para-hydroxylation sites is 2. The summed E-state index contributed by atoms with van der Waals surface area (Å²) >= 11 is 0. The molecule has 1 aromatic carbocycles. The molecule has 0 saturated carbocycles. The van der Waals surface area contributed by atoms with Crippen molar-refractivity contribution in [2.45, 2.75) is 33.2 Å². The molecule has 2 aromatic rings. The number of benzene rings is 1. The zero-order chi connectivity index (χ0) is 19.2. The number of nitrogens with one attached hydrogen (secondary N) is 1. The van der Waals surface area contributed by atoms with E-state index in [0.717, 1.165) is 67.8 Å². The Kier molecular flexibility index (Phi) is 8.56. The molecule has 1 aromatic heterocycles. The van der Waals surface area contributed by atoms with Gasteiger partial charge in [0.2, 0.25) is 5.89 Å². The van der Waals surface area contributed by atoms with Crippen LogP contribution in [0.4, 0.5) is 5.69 Å². The van der Waals surface area contributed by atoms with Crippen molar-refractivity contribution in [3.63, 3.8) is 0 Å². The van der Waals surface area contributed by atoms with Crippen LogP contribution in [0.15, 0.2) is 33.7 Å². The van der Waals surface area contributed by atoms with Crippen LogP contribution in [0, 0.1) is 19.8 Å². The van der Waals surface area contributed by atoms with E-state index in [9.17, 15) is 0 Å². The number of aryl methyl sites for hydroxylation is 2. The van der Waals surface area contributed by atoms with Crippen molar-refractivity contribution in [2.24, 2.45) is 16.6 Å². The highest BCUT2D eigenvalue weighted by Crippen LogP contribution is 2.23. The number of aliphatic imine (C=N–C) groups is 1. The SMILES string of the molecule is COc1ccccc1NC(N)=NCC1CCN(Cc2nc(C)c(C)o2)CC1.I. The summed E-state index contributed by atoms with van der Waals surface area (Å²) in [5, 5.41) is 3.12. The van der Waals surface area contributed by atoms with Gasteiger partial charge in [-0.05, 0) is 57.8 Å². The fraction of sp³-hybridized carbons (Fsp3) is 0.500. The number of anilines is 1. The fourth-order valence-corrected chi connectivity index (χ4v) is 3.28. The summed E-state index contributed by atoms with van der Waals surface area (Å²) in [6.07, 6.45) is 2.20. The molecule has 1 fully saturated rings. The molecule has 154 valence electrons. The molecule has 3 N–H and O–H groups in total. The van der Waals surface area contributed by atoms with Crippen molar-refractivity contribution >= 4 is 35.6 Å². The first-order valence-corrected chi connectivity index (χ1v) is 9.40. The molecule has 7 nitrogen and oxygen atoms in total. The van der Waals surface area contributed by atoms with Crippen LogP contribution in [0.3, 0.4) is 0 Å². The Balaban J connectivity index is 0.00000280. The third-order valence-electron chi connectivity index (χ3n) is 5.03. The van der Waals surface area contributed by atoms with E-state index in [1.807, 2.05) is 38.1 Å². The summed E-state index contributed by atoms with van der Waals surface area (Å²) in [6.45, 7) is 7.51. The molecule has 0 amide bonds. The van der Waals surface area contributed by atoms with Gasteiger partial charge in [-0.2, -0.15) is 0 Å². The Bertz CT molecular complexity index is 765. The van der Waals surface area contributed by atoms with Gasteiger partial charge in [0, 0.05) is 6.54 Å². The number of aromatic nitrogens is 1. The number of methoxy groups -OCH3 is 1. The van der Waals surface area contributed by atoms with Gasteiger partial charge in [-0.25, -0.2) is 4.98 Å². The molecule has 8 heteroatoms. The molecule has 0 spiro atoms. The Labute approximate surface area is 183 Å². The number of oxazole rings is 1. The van der Waals surface area contributed by atoms with E-state index >= 15 is 0 Å². The van der Waals surface area contributed by atoms with Crippen molar-refractivity contribution in [3.05, 3.63) is 41.6 Å². The van der Waals surface area contributed by atoms with Gasteiger partial charge in [-0.1, -0.05) is 12.1 Å². The van der Waals surface area contributed by atoms with Gasteiger partial charge < -0.3 is 20.2 Å². The molecule has 3 rings (SSSR count). The molecule has 1 saturated heterocycles. The van der Waals surface area contributed by atoms with Crippen molar-refractivity contribution in [1.29, 1.82) is 0 Å². The first-order chi connectivity index (χ1) is 13.0. The highest BCUT2D eigenvalue weighted by molar-refractivity contribution is 14.0. The van der Waals surface area contributed by atoms with E-state index in [2.05, 4.69) is 20.2 Å². The highest BCUT2D eigenvalue weighted by atomic mass is 127. The summed E-state index contributed by atoms with van der Waals surface area (Å²) in [5.74, 6) is 3.44. The van der Waals surface area contributed by atoms with Crippen LogP contribution in [0.2, 0.25) is 0 Å². The third kappa shape index (κ3) is 6.10. The summed E-state index contributed by atoms with van der Waals surface area (Å²) in [5.41, 5.74) is 7.85. The van der Waals surface area contributed by atoms with Gasteiger partial charge in [0.1, 0.15) is 11.5 Å². The summed E-state index contributed by atoms with van der Waals surface area (Å²) in [4.78, 5) is 11.4. The van der Waals surface area contributed by atoms with Crippen molar-refractivity contribution in [1.82, 2.24) is 9.88 Å². The first kappa shape index (κ1) is 22.5. The Morgan fingerprint density at radius 2 is 2.04 bits per heavy atom. The largest absolute Gasteiger partial charge is 0.495 e. The minimum Gasteiger partial charge on any atom is -0.495 e. The van der Waals surface area contributed by atoms with Crippen LogP contribution in [0.25, 0.3) is 0 Å². The number of hydrogen-bond donors (Lipinski definition) is 2. The van der Waals surface area contributed by atoms with Gasteiger partial charge in [0.15, 0.2) is 5.96 Å². The molecule has 0 aliphatic carbocycles. The lowest BCUT2D eigenvalue weighted by Gasteiger charge is -2.30. The fourth-order valence-electron chi connectivity index (χ4n) is 3.28. The van der Waals surface area contributed by atoms with E-state index in [4.69, 9.17) is 14.9 Å². The second kappa shape index (κ2) is 10.7. The van der Waals surface area contributed by atoms with Crippen molar-refractivity contribution < 1.29 is 9.15 Å². The zero-order valence-corrected chi connectivity index (χ0v) is 19.1. The van der Waals surface area contributed by atoms with E-state index in [1.54, 1.807) is 7.11 Å². The summed E-state index contributed by atoms with van der Waals surface area (Å²) in [7, 11) is 1.64. The lowest BCUT2D eigenvalue weighted by molar-refractivity contribution is 0.166. The van der Waals surface area contributed by atoms with E-state index in [1.165, 1.54) is 0 Å². The number of guanidine groups is 1. The van der Waals surface area contributed by atoms with Crippen molar-refractivity contribution in [2.75, 3.05) is 32.1 Å². The maximum Gasteiger partial charge on any atom is 0.208 e. The standard InChI is InChI=1S/C20H29N5O2.HI/c1-14-15(2)27-19(23-14)13-25-10-8-16(9-11-25)12-22-20(21)24-17-6-4-5-7-18(17)26-3;/h4-7,16H,8-13H2,1-3H3,(H3,21,22,24);1H. The van der Waals surface area contributed by atoms with Crippen LogP contribution in [0.5, 0.6) is 5.75 Å². The number of piperidine rings is 1. The number of nitrogens with zero attached hydrogens (tertiary/aromatic N) is 3. The molecule has 0 radical (unpaired) electrons. The monoisotopic (exact) mass is 499 g/mol. The molecule has 28 heavy (non-hydrogen) atoms. The zero-order valence-electron chi connectivity index (χ0n) is 16.8. The number of ether oxygens (including phenoxy) is 1. The third-order valence-corrected chi connectivity index (χ3v) is 5.03. The lowest BCUT2D eigenvalue weighted by atomic mass is 9.97. The normalized spacial score (nSPS) is 15.9. The molecule has 0 unspecified atom stereocenters. The maximum absolute atomic E-state index is 6.04. The number of likely N-dealkylation sites (tertiary alicyclic amines) is 1. The number of halogens is 1.